The summed E-state index contributed by atoms with van der Waals surface area (Å²) < 4.78 is 5.14. The lowest BCUT2D eigenvalue weighted by Crippen LogP contribution is -2.46. The molecule has 1 aliphatic heterocycles. The van der Waals surface area contributed by atoms with E-state index in [9.17, 15) is 0 Å². The van der Waals surface area contributed by atoms with Crippen LogP contribution in [0.5, 0.6) is 0 Å². The van der Waals surface area contributed by atoms with Crippen LogP contribution in [0.4, 0.5) is 5.69 Å². The van der Waals surface area contributed by atoms with Crippen LogP contribution in [0, 0.1) is 20.8 Å². The highest BCUT2D eigenvalue weighted by atomic mass is 16.5. The predicted octanol–water partition coefficient (Wildman–Crippen LogP) is 2.92. The van der Waals surface area contributed by atoms with Crippen LogP contribution in [-0.4, -0.2) is 36.2 Å². The fraction of sp³-hybridized carbons (Fsp3) is 0.471. The maximum Gasteiger partial charge on any atom is 0.133 e. The summed E-state index contributed by atoms with van der Waals surface area (Å²) in [4.78, 5) is 4.94. The summed E-state index contributed by atoms with van der Waals surface area (Å²) in [5.74, 6) is 0.888. The van der Waals surface area contributed by atoms with E-state index in [2.05, 4.69) is 47.0 Å². The highest BCUT2D eigenvalue weighted by Gasteiger charge is 2.19. The Kier molecular flexibility index (Phi) is 3.97. The highest BCUT2D eigenvalue weighted by molar-refractivity contribution is 5.55. The van der Waals surface area contributed by atoms with Gasteiger partial charge in [0.25, 0.3) is 0 Å². The molecule has 1 aromatic carbocycles. The van der Waals surface area contributed by atoms with Crippen LogP contribution in [0.15, 0.2) is 28.8 Å². The lowest BCUT2D eigenvalue weighted by molar-refractivity contribution is 0.241. The van der Waals surface area contributed by atoms with E-state index in [0.29, 0.717) is 0 Å². The van der Waals surface area contributed by atoms with Crippen LogP contribution in [0.1, 0.15) is 22.6 Å². The van der Waals surface area contributed by atoms with Crippen LogP contribution in [0.2, 0.25) is 0 Å². The zero-order chi connectivity index (χ0) is 14.8. The molecule has 0 N–H and O–H groups in total. The van der Waals surface area contributed by atoms with Crippen molar-refractivity contribution in [3.63, 3.8) is 0 Å². The van der Waals surface area contributed by atoms with Gasteiger partial charge in [0.15, 0.2) is 0 Å². The fourth-order valence-corrected chi connectivity index (χ4v) is 2.93. The number of aromatic nitrogens is 1. The van der Waals surface area contributed by atoms with E-state index in [4.69, 9.17) is 4.52 Å². The van der Waals surface area contributed by atoms with Crippen molar-refractivity contribution in [3.05, 3.63) is 46.8 Å². The van der Waals surface area contributed by atoms with Gasteiger partial charge in [-0.15, -0.1) is 0 Å². The highest BCUT2D eigenvalue weighted by Crippen LogP contribution is 2.23. The second-order valence-electron chi connectivity index (χ2n) is 5.98. The molecule has 1 saturated heterocycles. The third kappa shape index (κ3) is 3.27. The van der Waals surface area contributed by atoms with E-state index in [1.54, 1.807) is 0 Å². The minimum atomic E-state index is 0.887. The Balaban J connectivity index is 1.61. The van der Waals surface area contributed by atoms with Crippen molar-refractivity contribution in [3.8, 4) is 0 Å². The summed E-state index contributed by atoms with van der Waals surface area (Å²) in [6.07, 6.45) is 0. The second kappa shape index (κ2) is 5.90. The molecule has 4 nitrogen and oxygen atoms in total. The summed E-state index contributed by atoms with van der Waals surface area (Å²) in [6.45, 7) is 11.5. The maximum atomic E-state index is 5.14. The first-order valence-electron chi connectivity index (χ1n) is 7.58. The van der Waals surface area contributed by atoms with E-state index in [1.807, 2.05) is 13.0 Å². The Bertz CT molecular complexity index is 612. The minimum Gasteiger partial charge on any atom is -0.369 e. The van der Waals surface area contributed by atoms with E-state index in [-0.39, 0.29) is 0 Å². The molecule has 0 bridgehead atoms. The van der Waals surface area contributed by atoms with Crippen LogP contribution < -0.4 is 4.90 Å². The molecule has 0 amide bonds. The van der Waals surface area contributed by atoms with E-state index < -0.39 is 0 Å². The average Bonchev–Trinajstić information content (AvgIpc) is 2.88. The quantitative estimate of drug-likeness (QED) is 0.868. The number of hydrogen-bond acceptors (Lipinski definition) is 4. The van der Waals surface area contributed by atoms with Gasteiger partial charge in [-0.25, -0.2) is 0 Å². The third-order valence-corrected chi connectivity index (χ3v) is 4.14. The van der Waals surface area contributed by atoms with Gasteiger partial charge in [0.05, 0.1) is 5.69 Å². The largest absolute Gasteiger partial charge is 0.369 e. The molecule has 0 saturated carbocycles. The normalized spacial score (nSPS) is 16.4. The molecule has 2 aromatic rings. The molecule has 4 heteroatoms. The van der Waals surface area contributed by atoms with E-state index >= 15 is 0 Å². The van der Waals surface area contributed by atoms with Crippen LogP contribution >= 0.6 is 0 Å². The average molecular weight is 285 g/mol. The van der Waals surface area contributed by atoms with E-state index in [0.717, 1.165) is 44.2 Å². The smallest absolute Gasteiger partial charge is 0.133 e. The lowest BCUT2D eigenvalue weighted by atomic mass is 10.1. The summed E-state index contributed by atoms with van der Waals surface area (Å²) in [5, 5.41) is 4.08. The van der Waals surface area contributed by atoms with Crippen molar-refractivity contribution in [1.29, 1.82) is 0 Å². The first-order valence-corrected chi connectivity index (χ1v) is 7.58. The molecule has 3 rings (SSSR count). The molecular weight excluding hydrogens is 262 g/mol. The number of benzene rings is 1. The van der Waals surface area contributed by atoms with Crippen molar-refractivity contribution in [2.75, 3.05) is 31.1 Å². The van der Waals surface area contributed by atoms with Gasteiger partial charge in [0.2, 0.25) is 0 Å². The van der Waals surface area contributed by atoms with Crippen molar-refractivity contribution < 1.29 is 4.52 Å². The Labute approximate surface area is 126 Å². The van der Waals surface area contributed by atoms with Crippen LogP contribution in [0.25, 0.3) is 0 Å². The Morgan fingerprint density at radius 2 is 1.81 bits per heavy atom. The molecule has 1 aliphatic rings. The number of hydrogen-bond donors (Lipinski definition) is 0. The Hall–Kier alpha value is -1.81. The van der Waals surface area contributed by atoms with Crippen LogP contribution in [-0.2, 0) is 6.54 Å². The predicted molar refractivity (Wildman–Crippen MR) is 84.6 cm³/mol. The van der Waals surface area contributed by atoms with Gasteiger partial charge in [-0.1, -0.05) is 17.3 Å². The van der Waals surface area contributed by atoms with E-state index in [1.165, 1.54) is 16.8 Å². The zero-order valence-corrected chi connectivity index (χ0v) is 13.1. The van der Waals surface area contributed by atoms with Gasteiger partial charge in [0, 0.05) is 44.5 Å². The van der Waals surface area contributed by atoms with Gasteiger partial charge in [-0.3, -0.25) is 4.90 Å². The van der Waals surface area contributed by atoms with Gasteiger partial charge < -0.3 is 9.42 Å². The molecule has 1 fully saturated rings. The number of anilines is 1. The van der Waals surface area contributed by atoms with Gasteiger partial charge in [-0.05, 0) is 38.0 Å². The van der Waals surface area contributed by atoms with Gasteiger partial charge in [-0.2, -0.15) is 0 Å². The lowest BCUT2D eigenvalue weighted by Gasteiger charge is -2.36. The summed E-state index contributed by atoms with van der Waals surface area (Å²) >= 11 is 0. The first-order chi connectivity index (χ1) is 10.1. The maximum absolute atomic E-state index is 5.14. The number of nitrogens with zero attached hydrogens (tertiary/aromatic N) is 3. The number of rotatable bonds is 3. The molecule has 21 heavy (non-hydrogen) atoms. The molecular formula is C17H23N3O. The standard InChI is InChI=1S/C17H23N3O/c1-13-4-5-14(2)17(10-13)20-8-6-19(7-9-20)12-16-11-15(3)21-18-16/h4-5,10-11H,6-9,12H2,1-3H3. The first kappa shape index (κ1) is 14.1. The van der Waals surface area contributed by atoms with Crippen molar-refractivity contribution in [2.45, 2.75) is 27.3 Å². The zero-order valence-electron chi connectivity index (χ0n) is 13.1. The van der Waals surface area contributed by atoms with Crippen LogP contribution in [0.3, 0.4) is 0 Å². The number of piperazine rings is 1. The van der Waals surface area contributed by atoms with Crippen molar-refractivity contribution >= 4 is 5.69 Å². The molecule has 0 spiro atoms. The Morgan fingerprint density at radius 3 is 2.48 bits per heavy atom. The SMILES string of the molecule is Cc1ccc(C)c(N2CCN(Cc3cc(C)on3)CC2)c1. The minimum absolute atomic E-state index is 0.887. The molecule has 0 aliphatic carbocycles. The summed E-state index contributed by atoms with van der Waals surface area (Å²) in [6, 6.07) is 8.72. The summed E-state index contributed by atoms with van der Waals surface area (Å²) in [7, 11) is 0. The molecule has 0 unspecified atom stereocenters. The number of aryl methyl sites for hydroxylation is 3. The molecule has 0 radical (unpaired) electrons. The topological polar surface area (TPSA) is 32.5 Å². The second-order valence-corrected chi connectivity index (χ2v) is 5.98. The molecule has 112 valence electrons. The fourth-order valence-electron chi connectivity index (χ4n) is 2.93. The monoisotopic (exact) mass is 285 g/mol. The van der Waals surface area contributed by atoms with Crippen molar-refractivity contribution in [1.82, 2.24) is 10.1 Å². The molecule has 0 atom stereocenters. The van der Waals surface area contributed by atoms with Gasteiger partial charge >= 0.3 is 0 Å². The van der Waals surface area contributed by atoms with Crippen molar-refractivity contribution in [2.24, 2.45) is 0 Å². The third-order valence-electron chi connectivity index (χ3n) is 4.14. The van der Waals surface area contributed by atoms with Gasteiger partial charge in [0.1, 0.15) is 5.76 Å². The Morgan fingerprint density at radius 1 is 1.05 bits per heavy atom. The molecule has 1 aromatic heterocycles. The summed E-state index contributed by atoms with van der Waals surface area (Å²) in [5.41, 5.74) is 5.11. The molecule has 2 heterocycles.